The van der Waals surface area contributed by atoms with Crippen molar-refractivity contribution in [2.75, 3.05) is 23.7 Å². The van der Waals surface area contributed by atoms with Crippen LogP contribution >= 0.6 is 0 Å². The summed E-state index contributed by atoms with van der Waals surface area (Å²) in [5.74, 6) is 1.55. The highest BCUT2D eigenvalue weighted by atomic mass is 15.3. The number of aromatic nitrogens is 4. The lowest BCUT2D eigenvalue weighted by Gasteiger charge is -2.15. The Morgan fingerprint density at radius 2 is 2.00 bits per heavy atom. The van der Waals surface area contributed by atoms with Crippen molar-refractivity contribution in [1.82, 2.24) is 19.9 Å². The SMILES string of the molecule is Nc1nc(-c2ccc[nH]2)nc(N2CCCC2)n1. The Morgan fingerprint density at radius 3 is 2.71 bits per heavy atom. The van der Waals surface area contributed by atoms with Crippen LogP contribution in [0.2, 0.25) is 0 Å². The molecule has 0 spiro atoms. The van der Waals surface area contributed by atoms with E-state index in [1.54, 1.807) is 0 Å². The van der Waals surface area contributed by atoms with Gasteiger partial charge in [-0.2, -0.15) is 15.0 Å². The molecule has 6 nitrogen and oxygen atoms in total. The number of hydrogen-bond acceptors (Lipinski definition) is 5. The monoisotopic (exact) mass is 230 g/mol. The van der Waals surface area contributed by atoms with E-state index in [0.29, 0.717) is 11.8 Å². The zero-order chi connectivity index (χ0) is 11.7. The third kappa shape index (κ3) is 1.93. The third-order valence-corrected chi connectivity index (χ3v) is 2.87. The van der Waals surface area contributed by atoms with Gasteiger partial charge in [0, 0.05) is 19.3 Å². The topological polar surface area (TPSA) is 83.7 Å². The Labute approximate surface area is 98.9 Å². The van der Waals surface area contributed by atoms with Crippen molar-refractivity contribution in [2.24, 2.45) is 0 Å². The van der Waals surface area contributed by atoms with E-state index in [0.717, 1.165) is 18.8 Å². The van der Waals surface area contributed by atoms with E-state index in [4.69, 9.17) is 5.73 Å². The first-order chi connectivity index (χ1) is 8.33. The molecular formula is C11H14N6. The summed E-state index contributed by atoms with van der Waals surface area (Å²) in [5, 5.41) is 0. The minimum atomic E-state index is 0.270. The number of nitrogen functional groups attached to an aromatic ring is 1. The van der Waals surface area contributed by atoms with Crippen LogP contribution < -0.4 is 10.6 Å². The fraction of sp³-hybridized carbons (Fsp3) is 0.364. The van der Waals surface area contributed by atoms with Crippen molar-refractivity contribution in [3.63, 3.8) is 0 Å². The van der Waals surface area contributed by atoms with Crippen LogP contribution in [-0.4, -0.2) is 33.0 Å². The quantitative estimate of drug-likeness (QED) is 0.805. The van der Waals surface area contributed by atoms with Gasteiger partial charge in [-0.3, -0.25) is 0 Å². The van der Waals surface area contributed by atoms with Crippen LogP contribution in [0.3, 0.4) is 0 Å². The summed E-state index contributed by atoms with van der Waals surface area (Å²) < 4.78 is 0. The van der Waals surface area contributed by atoms with Gasteiger partial charge >= 0.3 is 0 Å². The van der Waals surface area contributed by atoms with Crippen LogP contribution in [0.4, 0.5) is 11.9 Å². The highest BCUT2D eigenvalue weighted by molar-refractivity contribution is 5.53. The Hall–Kier alpha value is -2.11. The highest BCUT2D eigenvalue weighted by Gasteiger charge is 2.17. The Balaban J connectivity index is 2.00. The van der Waals surface area contributed by atoms with E-state index < -0.39 is 0 Å². The van der Waals surface area contributed by atoms with E-state index in [9.17, 15) is 0 Å². The molecule has 3 rings (SSSR count). The van der Waals surface area contributed by atoms with Gasteiger partial charge in [0.15, 0.2) is 5.82 Å². The summed E-state index contributed by atoms with van der Waals surface area (Å²) in [4.78, 5) is 18.0. The maximum Gasteiger partial charge on any atom is 0.230 e. The summed E-state index contributed by atoms with van der Waals surface area (Å²) in [6, 6.07) is 3.83. The minimum absolute atomic E-state index is 0.270. The van der Waals surface area contributed by atoms with Crippen molar-refractivity contribution in [3.8, 4) is 11.5 Å². The lowest BCUT2D eigenvalue weighted by Crippen LogP contribution is -2.21. The lowest BCUT2D eigenvalue weighted by molar-refractivity contribution is 0.886. The maximum atomic E-state index is 5.73. The van der Waals surface area contributed by atoms with Gasteiger partial charge in [-0.05, 0) is 25.0 Å². The molecule has 3 heterocycles. The number of nitrogens with zero attached hydrogens (tertiary/aromatic N) is 4. The number of hydrogen-bond donors (Lipinski definition) is 2. The fourth-order valence-corrected chi connectivity index (χ4v) is 2.03. The Bertz CT molecular complexity index is 501. The molecule has 0 aromatic carbocycles. The molecule has 0 atom stereocenters. The molecule has 88 valence electrons. The van der Waals surface area contributed by atoms with Gasteiger partial charge in [0.25, 0.3) is 0 Å². The number of anilines is 2. The molecule has 2 aromatic heterocycles. The molecule has 17 heavy (non-hydrogen) atoms. The standard InChI is InChI=1S/C11H14N6/c12-10-14-9(8-4-3-5-13-8)15-11(16-10)17-6-1-2-7-17/h3-5,13H,1-2,6-7H2,(H2,12,14,15,16). The molecule has 0 aliphatic carbocycles. The molecule has 1 saturated heterocycles. The first-order valence-electron chi connectivity index (χ1n) is 5.73. The zero-order valence-electron chi connectivity index (χ0n) is 9.43. The van der Waals surface area contributed by atoms with Crippen molar-refractivity contribution < 1.29 is 0 Å². The average Bonchev–Trinajstić information content (AvgIpc) is 3.02. The van der Waals surface area contributed by atoms with Crippen LogP contribution in [0.5, 0.6) is 0 Å². The second-order valence-corrected chi connectivity index (χ2v) is 4.10. The van der Waals surface area contributed by atoms with E-state index in [1.165, 1.54) is 12.8 Å². The maximum absolute atomic E-state index is 5.73. The van der Waals surface area contributed by atoms with Gasteiger partial charge < -0.3 is 15.6 Å². The smallest absolute Gasteiger partial charge is 0.230 e. The molecule has 0 amide bonds. The molecule has 1 aliphatic rings. The fourth-order valence-electron chi connectivity index (χ4n) is 2.03. The Morgan fingerprint density at radius 1 is 1.18 bits per heavy atom. The van der Waals surface area contributed by atoms with Gasteiger partial charge in [-0.1, -0.05) is 0 Å². The minimum Gasteiger partial charge on any atom is -0.368 e. The summed E-state index contributed by atoms with van der Waals surface area (Å²) >= 11 is 0. The van der Waals surface area contributed by atoms with Crippen LogP contribution in [0, 0.1) is 0 Å². The average molecular weight is 230 g/mol. The normalized spacial score (nSPS) is 15.4. The lowest BCUT2D eigenvalue weighted by atomic mass is 10.4. The molecule has 0 unspecified atom stereocenters. The first kappa shape index (κ1) is 10.1. The Kier molecular flexibility index (Phi) is 2.40. The van der Waals surface area contributed by atoms with Crippen molar-refractivity contribution in [2.45, 2.75) is 12.8 Å². The summed E-state index contributed by atoms with van der Waals surface area (Å²) in [6.45, 7) is 1.99. The molecule has 1 fully saturated rings. The highest BCUT2D eigenvalue weighted by Crippen LogP contribution is 2.19. The van der Waals surface area contributed by atoms with Crippen molar-refractivity contribution in [1.29, 1.82) is 0 Å². The van der Waals surface area contributed by atoms with Crippen molar-refractivity contribution in [3.05, 3.63) is 18.3 Å². The van der Waals surface area contributed by atoms with Gasteiger partial charge in [0.1, 0.15) is 0 Å². The second-order valence-electron chi connectivity index (χ2n) is 4.10. The van der Waals surface area contributed by atoms with E-state index in [1.807, 2.05) is 18.3 Å². The summed E-state index contributed by atoms with van der Waals surface area (Å²) in [7, 11) is 0. The second kappa shape index (κ2) is 4.04. The van der Waals surface area contributed by atoms with E-state index >= 15 is 0 Å². The molecule has 0 radical (unpaired) electrons. The number of nitrogens with two attached hydrogens (primary N) is 1. The van der Waals surface area contributed by atoms with Crippen LogP contribution in [0.25, 0.3) is 11.5 Å². The van der Waals surface area contributed by atoms with Gasteiger partial charge in [0.2, 0.25) is 11.9 Å². The number of nitrogens with one attached hydrogen (secondary N) is 1. The predicted molar refractivity (Wildman–Crippen MR) is 65.5 cm³/mol. The molecule has 0 saturated carbocycles. The van der Waals surface area contributed by atoms with Crippen LogP contribution in [0.15, 0.2) is 18.3 Å². The van der Waals surface area contributed by atoms with Crippen LogP contribution in [0.1, 0.15) is 12.8 Å². The van der Waals surface area contributed by atoms with Crippen LogP contribution in [-0.2, 0) is 0 Å². The molecular weight excluding hydrogens is 216 g/mol. The molecule has 0 bridgehead atoms. The van der Waals surface area contributed by atoms with Crippen molar-refractivity contribution >= 4 is 11.9 Å². The largest absolute Gasteiger partial charge is 0.368 e. The van der Waals surface area contributed by atoms with Gasteiger partial charge in [-0.15, -0.1) is 0 Å². The first-order valence-corrected chi connectivity index (χ1v) is 5.73. The molecule has 6 heteroatoms. The van der Waals surface area contributed by atoms with E-state index in [2.05, 4.69) is 24.8 Å². The third-order valence-electron chi connectivity index (χ3n) is 2.87. The predicted octanol–water partition coefficient (Wildman–Crippen LogP) is 1.05. The summed E-state index contributed by atoms with van der Waals surface area (Å²) in [5.41, 5.74) is 6.59. The van der Waals surface area contributed by atoms with Gasteiger partial charge in [0.05, 0.1) is 5.69 Å². The molecule has 1 aliphatic heterocycles. The van der Waals surface area contributed by atoms with E-state index in [-0.39, 0.29) is 5.95 Å². The molecule has 2 aromatic rings. The number of aromatic amines is 1. The number of rotatable bonds is 2. The summed E-state index contributed by atoms with van der Waals surface area (Å²) in [6.07, 6.45) is 4.21. The van der Waals surface area contributed by atoms with Gasteiger partial charge in [-0.25, -0.2) is 0 Å². The zero-order valence-corrected chi connectivity index (χ0v) is 9.43. The number of H-pyrrole nitrogens is 1. The molecule has 3 N–H and O–H groups in total.